The second-order valence-corrected chi connectivity index (χ2v) is 8.08. The molecule has 0 aliphatic rings. The van der Waals surface area contributed by atoms with Crippen molar-refractivity contribution >= 4 is 0 Å². The summed E-state index contributed by atoms with van der Waals surface area (Å²) in [6.45, 7) is 6.20. The lowest BCUT2D eigenvalue weighted by Gasteiger charge is -2.04. The highest BCUT2D eigenvalue weighted by molar-refractivity contribution is 4.64. The monoisotopic (exact) mass is 350 g/mol. The van der Waals surface area contributed by atoms with Crippen molar-refractivity contribution in [1.82, 2.24) is 0 Å². The molecule has 0 saturated heterocycles. The molecular weight excluding hydrogens is 300 g/mol. The second-order valence-electron chi connectivity index (χ2n) is 8.08. The molecule has 0 aliphatic heterocycles. The molecule has 0 amide bonds. The van der Waals surface area contributed by atoms with E-state index in [1.165, 1.54) is 135 Å². The molecule has 0 aromatic heterocycles. The molecule has 0 unspecified atom stereocenters. The van der Waals surface area contributed by atoms with Crippen LogP contribution in [0.15, 0.2) is 0 Å². The molecule has 0 saturated carbocycles. The van der Waals surface area contributed by atoms with Gasteiger partial charge in [0, 0.05) is 0 Å². The Labute approximate surface area is 161 Å². The van der Waals surface area contributed by atoms with E-state index >= 15 is 0 Å². The first kappa shape index (κ1) is 25.0. The van der Waals surface area contributed by atoms with E-state index in [1.807, 2.05) is 0 Å². The second kappa shape index (κ2) is 24.0. The molecule has 0 rings (SSSR count). The Morgan fingerprint density at radius 3 is 1.12 bits per heavy atom. The van der Waals surface area contributed by atoms with Gasteiger partial charge in [-0.05, 0) is 6.42 Å². The minimum atomic E-state index is 1.12. The molecule has 2 radical (unpaired) electrons. The summed E-state index contributed by atoms with van der Waals surface area (Å²) in [5, 5.41) is 0. The molecule has 0 aromatic carbocycles. The van der Waals surface area contributed by atoms with Crippen LogP contribution in [0.1, 0.15) is 148 Å². The van der Waals surface area contributed by atoms with Crippen LogP contribution in [-0.2, 0) is 0 Å². The van der Waals surface area contributed by atoms with Crippen LogP contribution in [0.3, 0.4) is 0 Å². The van der Waals surface area contributed by atoms with E-state index < -0.39 is 0 Å². The summed E-state index contributed by atoms with van der Waals surface area (Å²) in [5.74, 6) is 0. The summed E-state index contributed by atoms with van der Waals surface area (Å²) in [4.78, 5) is 0. The van der Waals surface area contributed by atoms with E-state index in [0.29, 0.717) is 0 Å². The Morgan fingerprint density at radius 1 is 0.440 bits per heavy atom. The summed E-state index contributed by atoms with van der Waals surface area (Å²) in [6.07, 6.45) is 33.8. The van der Waals surface area contributed by atoms with E-state index in [0.717, 1.165) is 6.42 Å². The Kier molecular flexibility index (Phi) is 24.0. The lowest BCUT2D eigenvalue weighted by molar-refractivity contribution is 0.544. The summed E-state index contributed by atoms with van der Waals surface area (Å²) in [5.41, 5.74) is 0. The molecule has 0 spiro atoms. The van der Waals surface area contributed by atoms with Crippen LogP contribution < -0.4 is 0 Å². The van der Waals surface area contributed by atoms with Gasteiger partial charge in [0.2, 0.25) is 0 Å². The van der Waals surface area contributed by atoms with Crippen molar-refractivity contribution in [1.29, 1.82) is 0 Å². The highest BCUT2D eigenvalue weighted by Crippen LogP contribution is 2.14. The minimum absolute atomic E-state index is 1.12. The maximum absolute atomic E-state index is 3.90. The summed E-state index contributed by atoms with van der Waals surface area (Å²) < 4.78 is 0. The van der Waals surface area contributed by atoms with Gasteiger partial charge in [0.1, 0.15) is 0 Å². The van der Waals surface area contributed by atoms with Gasteiger partial charge in [0.15, 0.2) is 0 Å². The van der Waals surface area contributed by atoms with Crippen LogP contribution in [0.2, 0.25) is 0 Å². The van der Waals surface area contributed by atoms with Gasteiger partial charge in [0.05, 0.1) is 0 Å². The maximum Gasteiger partial charge on any atom is -0.0386 e. The summed E-state index contributed by atoms with van der Waals surface area (Å²) in [6, 6.07) is 0. The normalized spacial score (nSPS) is 11.3. The number of rotatable bonds is 22. The largest absolute Gasteiger partial charge is 0.0654 e. The van der Waals surface area contributed by atoms with Crippen LogP contribution in [0.5, 0.6) is 0 Å². The van der Waals surface area contributed by atoms with Gasteiger partial charge >= 0.3 is 0 Å². The van der Waals surface area contributed by atoms with Crippen molar-refractivity contribution < 1.29 is 0 Å². The first-order valence-electron chi connectivity index (χ1n) is 12.0. The third kappa shape index (κ3) is 24.0. The van der Waals surface area contributed by atoms with E-state index in [-0.39, 0.29) is 0 Å². The summed E-state index contributed by atoms with van der Waals surface area (Å²) >= 11 is 0. The summed E-state index contributed by atoms with van der Waals surface area (Å²) in [7, 11) is 0. The number of hydrogen-bond acceptors (Lipinski definition) is 0. The molecule has 0 N–H and O–H groups in total. The molecule has 150 valence electrons. The molecule has 0 nitrogen and oxygen atoms in total. The minimum Gasteiger partial charge on any atom is -0.0654 e. The quantitative estimate of drug-likeness (QED) is 0.170. The average Bonchev–Trinajstić information content (AvgIpc) is 2.63. The number of unbranched alkanes of at least 4 members (excludes halogenated alkanes) is 22. The van der Waals surface area contributed by atoms with Gasteiger partial charge in [-0.15, -0.1) is 0 Å². The molecule has 0 fully saturated rings. The Bertz CT molecular complexity index is 186. The third-order valence-corrected chi connectivity index (χ3v) is 5.42. The highest BCUT2D eigenvalue weighted by atomic mass is 14.0. The van der Waals surface area contributed by atoms with Crippen LogP contribution in [0, 0.1) is 13.3 Å². The van der Waals surface area contributed by atoms with E-state index in [2.05, 4.69) is 20.3 Å². The molecule has 25 heavy (non-hydrogen) atoms. The molecule has 0 heterocycles. The Morgan fingerprint density at radius 2 is 0.760 bits per heavy atom. The zero-order chi connectivity index (χ0) is 18.3. The van der Waals surface area contributed by atoms with Gasteiger partial charge in [0.25, 0.3) is 0 Å². The smallest absolute Gasteiger partial charge is 0.0386 e. The van der Waals surface area contributed by atoms with Crippen molar-refractivity contribution in [3.05, 3.63) is 13.3 Å². The Balaban J connectivity index is 2.94. The molecule has 0 atom stereocenters. The van der Waals surface area contributed by atoms with Crippen LogP contribution in [0.4, 0.5) is 0 Å². The molecule has 0 aliphatic carbocycles. The third-order valence-electron chi connectivity index (χ3n) is 5.42. The molecule has 0 aromatic rings. The fourth-order valence-electron chi connectivity index (χ4n) is 3.62. The SMILES string of the molecule is [CH2]CCCCCCCCCC[CH]CCCCCCCCCCCCC. The van der Waals surface area contributed by atoms with Crippen molar-refractivity contribution in [3.63, 3.8) is 0 Å². The van der Waals surface area contributed by atoms with Crippen molar-refractivity contribution in [2.45, 2.75) is 148 Å². The van der Waals surface area contributed by atoms with Crippen molar-refractivity contribution in [2.75, 3.05) is 0 Å². The first-order valence-corrected chi connectivity index (χ1v) is 12.0. The van der Waals surface area contributed by atoms with Crippen LogP contribution >= 0.6 is 0 Å². The number of hydrogen-bond donors (Lipinski definition) is 0. The highest BCUT2D eigenvalue weighted by Gasteiger charge is 1.95. The van der Waals surface area contributed by atoms with E-state index in [1.54, 1.807) is 0 Å². The topological polar surface area (TPSA) is 0 Å². The maximum atomic E-state index is 3.90. The van der Waals surface area contributed by atoms with E-state index in [4.69, 9.17) is 0 Å². The predicted octanol–water partition coefficient (Wildman–Crippen LogP) is 9.63. The lowest BCUT2D eigenvalue weighted by atomic mass is 10.0. The predicted molar refractivity (Wildman–Crippen MR) is 117 cm³/mol. The van der Waals surface area contributed by atoms with Crippen LogP contribution in [-0.4, -0.2) is 0 Å². The van der Waals surface area contributed by atoms with Crippen LogP contribution in [0.25, 0.3) is 0 Å². The average molecular weight is 351 g/mol. The fourth-order valence-corrected chi connectivity index (χ4v) is 3.62. The van der Waals surface area contributed by atoms with E-state index in [9.17, 15) is 0 Å². The van der Waals surface area contributed by atoms with Gasteiger partial charge < -0.3 is 0 Å². The van der Waals surface area contributed by atoms with Gasteiger partial charge in [-0.1, -0.05) is 155 Å². The van der Waals surface area contributed by atoms with Gasteiger partial charge in [-0.2, -0.15) is 0 Å². The molecule has 0 heteroatoms. The standard InChI is InChI=1S/C25H50/c1-3-5-7-9-11-13-15-17-19-21-23-25-24-22-20-18-16-14-12-10-8-6-4-2/h23H,1,3-22,24-25H2,2H3. The van der Waals surface area contributed by atoms with Crippen molar-refractivity contribution in [2.24, 2.45) is 0 Å². The Hall–Kier alpha value is 0. The molecular formula is C25H50. The lowest BCUT2D eigenvalue weighted by Crippen LogP contribution is -1.85. The zero-order valence-corrected chi connectivity index (χ0v) is 17.8. The van der Waals surface area contributed by atoms with Crippen molar-refractivity contribution in [3.8, 4) is 0 Å². The van der Waals surface area contributed by atoms with Gasteiger partial charge in [-0.25, -0.2) is 0 Å². The fraction of sp³-hybridized carbons (Fsp3) is 0.920. The zero-order valence-electron chi connectivity index (χ0n) is 17.8. The first-order chi connectivity index (χ1) is 12.4. The van der Waals surface area contributed by atoms with Gasteiger partial charge in [-0.3, -0.25) is 0 Å². The molecule has 0 bridgehead atoms.